The molecular weight excluding hydrogens is 279 g/mol. The number of aromatic nitrogens is 4. The minimum atomic E-state index is -0.409. The number of H-pyrrole nitrogens is 1. The molecule has 5 nitrogen and oxygen atoms in total. The Morgan fingerprint density at radius 1 is 1.50 bits per heavy atom. The van der Waals surface area contributed by atoms with E-state index < -0.39 is 5.82 Å². The van der Waals surface area contributed by atoms with Crippen molar-refractivity contribution in [1.82, 2.24) is 20.6 Å². The maximum Gasteiger partial charge on any atom is 0.179 e. The SMILES string of the molecule is COc1ccc(-c2nnn[nH]2)c(CBr)c1F. The Morgan fingerprint density at radius 2 is 2.31 bits per heavy atom. The molecule has 0 atom stereocenters. The van der Waals surface area contributed by atoms with Crippen LogP contribution in [-0.4, -0.2) is 27.7 Å². The van der Waals surface area contributed by atoms with Gasteiger partial charge in [0.1, 0.15) is 0 Å². The molecule has 1 N–H and O–H groups in total. The lowest BCUT2D eigenvalue weighted by atomic mass is 10.1. The number of aromatic amines is 1. The largest absolute Gasteiger partial charge is 0.494 e. The highest BCUT2D eigenvalue weighted by Gasteiger charge is 2.16. The van der Waals surface area contributed by atoms with Crippen LogP contribution in [0.3, 0.4) is 0 Å². The zero-order valence-corrected chi connectivity index (χ0v) is 9.95. The van der Waals surface area contributed by atoms with E-state index in [4.69, 9.17) is 4.74 Å². The third kappa shape index (κ3) is 1.78. The lowest BCUT2D eigenvalue weighted by Gasteiger charge is -2.08. The van der Waals surface area contributed by atoms with Crippen molar-refractivity contribution in [1.29, 1.82) is 0 Å². The summed E-state index contributed by atoms with van der Waals surface area (Å²) < 4.78 is 18.8. The Bertz CT molecular complexity index is 489. The van der Waals surface area contributed by atoms with Gasteiger partial charge in [0.25, 0.3) is 0 Å². The van der Waals surface area contributed by atoms with E-state index >= 15 is 0 Å². The predicted molar refractivity (Wildman–Crippen MR) is 58.8 cm³/mol. The number of nitrogens with one attached hydrogen (secondary N) is 1. The van der Waals surface area contributed by atoms with Gasteiger partial charge in [-0.3, -0.25) is 0 Å². The van der Waals surface area contributed by atoms with Gasteiger partial charge < -0.3 is 4.74 Å². The maximum atomic E-state index is 13.9. The third-order valence-corrected chi connectivity index (χ3v) is 2.72. The van der Waals surface area contributed by atoms with Gasteiger partial charge in [0, 0.05) is 16.5 Å². The van der Waals surface area contributed by atoms with E-state index in [0.29, 0.717) is 22.3 Å². The molecule has 0 radical (unpaired) electrons. The maximum absolute atomic E-state index is 13.9. The first-order chi connectivity index (χ1) is 7.77. The molecule has 2 aromatic rings. The van der Waals surface area contributed by atoms with E-state index in [2.05, 4.69) is 36.6 Å². The van der Waals surface area contributed by atoms with Gasteiger partial charge in [0.2, 0.25) is 0 Å². The zero-order valence-electron chi connectivity index (χ0n) is 8.37. The Labute approximate surface area is 99.1 Å². The summed E-state index contributed by atoms with van der Waals surface area (Å²) in [7, 11) is 1.42. The highest BCUT2D eigenvalue weighted by Crippen LogP contribution is 2.30. The topological polar surface area (TPSA) is 63.7 Å². The van der Waals surface area contributed by atoms with Gasteiger partial charge in [-0.2, -0.15) is 0 Å². The number of nitrogens with zero attached hydrogens (tertiary/aromatic N) is 3. The number of hydrogen-bond donors (Lipinski definition) is 1. The molecular formula is C9H8BrFN4O. The summed E-state index contributed by atoms with van der Waals surface area (Å²) in [4.78, 5) is 0. The van der Waals surface area contributed by atoms with Crippen molar-refractivity contribution >= 4 is 15.9 Å². The molecule has 0 amide bonds. The fourth-order valence-electron chi connectivity index (χ4n) is 1.38. The Hall–Kier alpha value is -1.50. The Morgan fingerprint density at radius 3 is 2.88 bits per heavy atom. The molecule has 16 heavy (non-hydrogen) atoms. The average Bonchev–Trinajstić information content (AvgIpc) is 2.82. The molecule has 0 spiro atoms. The van der Waals surface area contributed by atoms with Crippen molar-refractivity contribution in [2.24, 2.45) is 0 Å². The van der Waals surface area contributed by atoms with E-state index in [1.165, 1.54) is 7.11 Å². The zero-order chi connectivity index (χ0) is 11.5. The van der Waals surface area contributed by atoms with E-state index in [-0.39, 0.29) is 5.75 Å². The van der Waals surface area contributed by atoms with Gasteiger partial charge in [0.15, 0.2) is 17.4 Å². The van der Waals surface area contributed by atoms with Crippen LogP contribution >= 0.6 is 15.9 Å². The fraction of sp³-hybridized carbons (Fsp3) is 0.222. The summed E-state index contributed by atoms with van der Waals surface area (Å²) in [6, 6.07) is 3.25. The number of benzene rings is 1. The number of tetrazole rings is 1. The molecule has 1 aromatic heterocycles. The smallest absolute Gasteiger partial charge is 0.179 e. The average molecular weight is 287 g/mol. The van der Waals surface area contributed by atoms with Crippen LogP contribution in [0.5, 0.6) is 5.75 Å². The molecule has 0 saturated heterocycles. The van der Waals surface area contributed by atoms with E-state index in [1.54, 1.807) is 12.1 Å². The van der Waals surface area contributed by atoms with Crippen molar-refractivity contribution in [2.45, 2.75) is 5.33 Å². The molecule has 0 aliphatic carbocycles. The minimum Gasteiger partial charge on any atom is -0.494 e. The van der Waals surface area contributed by atoms with Gasteiger partial charge in [-0.25, -0.2) is 9.49 Å². The number of hydrogen-bond acceptors (Lipinski definition) is 4. The van der Waals surface area contributed by atoms with Crippen LogP contribution in [0.2, 0.25) is 0 Å². The summed E-state index contributed by atoms with van der Waals surface area (Å²) in [5, 5.41) is 13.6. The van der Waals surface area contributed by atoms with Crippen molar-refractivity contribution < 1.29 is 9.13 Å². The van der Waals surface area contributed by atoms with Crippen LogP contribution in [0, 0.1) is 5.82 Å². The van der Waals surface area contributed by atoms with Crippen LogP contribution in [0.25, 0.3) is 11.4 Å². The summed E-state index contributed by atoms with van der Waals surface area (Å²) in [5.74, 6) is 0.218. The van der Waals surface area contributed by atoms with Crippen LogP contribution in [0.15, 0.2) is 12.1 Å². The van der Waals surface area contributed by atoms with Crippen LogP contribution in [0.4, 0.5) is 4.39 Å². The lowest BCUT2D eigenvalue weighted by Crippen LogP contribution is -1.97. The molecule has 0 fully saturated rings. The first-order valence-electron chi connectivity index (χ1n) is 4.43. The molecule has 0 saturated carbocycles. The molecule has 1 heterocycles. The van der Waals surface area contributed by atoms with Crippen LogP contribution < -0.4 is 4.74 Å². The highest BCUT2D eigenvalue weighted by molar-refractivity contribution is 9.08. The molecule has 0 bridgehead atoms. The first-order valence-corrected chi connectivity index (χ1v) is 5.55. The van der Waals surface area contributed by atoms with Crippen molar-refractivity contribution in [3.63, 3.8) is 0 Å². The first kappa shape index (κ1) is 11.0. The second-order valence-corrected chi connectivity index (χ2v) is 3.55. The summed E-state index contributed by atoms with van der Waals surface area (Å²) in [5.41, 5.74) is 1.07. The number of halogens is 2. The normalized spacial score (nSPS) is 10.4. The van der Waals surface area contributed by atoms with Gasteiger partial charge in [0.05, 0.1) is 7.11 Å². The summed E-state index contributed by atoms with van der Waals surface area (Å²) in [6.45, 7) is 0. The number of ether oxygens (including phenoxy) is 1. The standard InChI is InChI=1S/C9H8BrFN4O/c1-16-7-3-2-5(6(4-10)8(7)11)9-12-14-15-13-9/h2-3H,4H2,1H3,(H,12,13,14,15). The van der Waals surface area contributed by atoms with Gasteiger partial charge in [-0.1, -0.05) is 15.9 Å². The fourth-order valence-corrected chi connectivity index (χ4v) is 1.93. The quantitative estimate of drug-likeness (QED) is 0.876. The van der Waals surface area contributed by atoms with Gasteiger partial charge in [-0.05, 0) is 22.6 Å². The number of alkyl halides is 1. The second kappa shape index (κ2) is 4.56. The van der Waals surface area contributed by atoms with Gasteiger partial charge in [-0.15, -0.1) is 5.10 Å². The number of rotatable bonds is 3. The summed E-state index contributed by atoms with van der Waals surface area (Å²) in [6.07, 6.45) is 0. The molecule has 0 aliphatic rings. The predicted octanol–water partition coefficient (Wildman–Crippen LogP) is 1.91. The number of methoxy groups -OCH3 is 1. The van der Waals surface area contributed by atoms with Crippen molar-refractivity contribution in [3.05, 3.63) is 23.5 Å². The second-order valence-electron chi connectivity index (χ2n) is 2.99. The lowest BCUT2D eigenvalue weighted by molar-refractivity contribution is 0.385. The molecule has 0 unspecified atom stereocenters. The van der Waals surface area contributed by atoms with E-state index in [1.807, 2.05) is 0 Å². The highest BCUT2D eigenvalue weighted by atomic mass is 79.9. The molecule has 0 aliphatic heterocycles. The molecule has 2 rings (SSSR count). The monoisotopic (exact) mass is 286 g/mol. The molecule has 1 aromatic carbocycles. The van der Waals surface area contributed by atoms with Crippen molar-refractivity contribution in [3.8, 4) is 17.1 Å². The van der Waals surface area contributed by atoms with E-state index in [9.17, 15) is 4.39 Å². The van der Waals surface area contributed by atoms with Crippen molar-refractivity contribution in [2.75, 3.05) is 7.11 Å². The molecule has 7 heteroatoms. The van der Waals surface area contributed by atoms with E-state index in [0.717, 1.165) is 0 Å². The van der Waals surface area contributed by atoms with Crippen LogP contribution in [0.1, 0.15) is 5.56 Å². The Balaban J connectivity index is 2.59. The van der Waals surface area contributed by atoms with Crippen LogP contribution in [-0.2, 0) is 5.33 Å². The third-order valence-electron chi connectivity index (χ3n) is 2.16. The summed E-state index contributed by atoms with van der Waals surface area (Å²) >= 11 is 3.23. The molecule has 84 valence electrons. The van der Waals surface area contributed by atoms with Gasteiger partial charge >= 0.3 is 0 Å². The Kier molecular flexibility index (Phi) is 3.14. The minimum absolute atomic E-state index is 0.200.